The molecule has 0 aromatic carbocycles. The lowest BCUT2D eigenvalue weighted by Gasteiger charge is -2.34. The van der Waals surface area contributed by atoms with Crippen LogP contribution in [-0.2, 0) is 10.2 Å². The molecule has 0 saturated carbocycles. The summed E-state index contributed by atoms with van der Waals surface area (Å²) < 4.78 is 24.6. The molecule has 0 atom stereocenters. The van der Waals surface area contributed by atoms with Crippen molar-refractivity contribution in [1.82, 2.24) is 9.03 Å². The second-order valence-electron chi connectivity index (χ2n) is 2.83. The van der Waals surface area contributed by atoms with Crippen LogP contribution in [0, 0.1) is 5.92 Å². The minimum Gasteiger partial charge on any atom is -0.464 e. The fraction of sp³-hybridized carbons (Fsp3) is 0.800. The molecule has 0 radical (unpaired) electrons. The van der Waals surface area contributed by atoms with Crippen molar-refractivity contribution in [3.05, 3.63) is 0 Å². The van der Waals surface area contributed by atoms with Crippen LogP contribution in [0.3, 0.4) is 0 Å². The van der Waals surface area contributed by atoms with Gasteiger partial charge < -0.3 is 5.11 Å². The van der Waals surface area contributed by atoms with E-state index >= 15 is 0 Å². The number of amides is 1. The number of hydrogen-bond acceptors (Lipinski definition) is 3. The maximum absolute atomic E-state index is 11.0. The predicted octanol–water partition coefficient (Wildman–Crippen LogP) is -0.550. The monoisotopic (exact) mass is 194 g/mol. The smallest absolute Gasteiger partial charge is 0.419 e. The van der Waals surface area contributed by atoms with Gasteiger partial charge in [-0.15, -0.1) is 0 Å². The zero-order valence-corrected chi connectivity index (χ0v) is 7.34. The lowest BCUT2D eigenvalue weighted by atomic mass is 10.1. The molecule has 0 aromatic heterocycles. The average molecular weight is 194 g/mol. The molecule has 6 nitrogen and oxygen atoms in total. The molecule has 1 heterocycles. The van der Waals surface area contributed by atoms with Gasteiger partial charge >= 0.3 is 16.3 Å². The Morgan fingerprint density at radius 1 is 1.58 bits per heavy atom. The van der Waals surface area contributed by atoms with Gasteiger partial charge in [0.2, 0.25) is 0 Å². The molecule has 1 amide bonds. The minimum absolute atomic E-state index is 0.315. The van der Waals surface area contributed by atoms with Crippen LogP contribution in [0.15, 0.2) is 0 Å². The van der Waals surface area contributed by atoms with Crippen molar-refractivity contribution in [2.45, 2.75) is 6.92 Å². The first-order valence-corrected chi connectivity index (χ1v) is 4.86. The van der Waals surface area contributed by atoms with Gasteiger partial charge in [0, 0.05) is 13.1 Å². The molecule has 70 valence electrons. The van der Waals surface area contributed by atoms with Gasteiger partial charge in [-0.3, -0.25) is 0 Å². The molecule has 0 bridgehead atoms. The fourth-order valence-electron chi connectivity index (χ4n) is 1.01. The number of rotatable bonds is 2. The van der Waals surface area contributed by atoms with Crippen molar-refractivity contribution in [2.24, 2.45) is 5.92 Å². The molecule has 0 aromatic rings. The number of nitrogens with zero attached hydrogens (tertiary/aromatic N) is 1. The van der Waals surface area contributed by atoms with E-state index in [-0.39, 0.29) is 0 Å². The summed E-state index contributed by atoms with van der Waals surface area (Å²) in [7, 11) is -3.77. The van der Waals surface area contributed by atoms with E-state index in [0.29, 0.717) is 19.0 Å². The van der Waals surface area contributed by atoms with Crippen molar-refractivity contribution in [3.8, 4) is 0 Å². The van der Waals surface area contributed by atoms with Gasteiger partial charge in [0.15, 0.2) is 0 Å². The summed E-state index contributed by atoms with van der Waals surface area (Å²) in [6.45, 7) is 2.68. The van der Waals surface area contributed by atoms with Gasteiger partial charge in [0.1, 0.15) is 0 Å². The van der Waals surface area contributed by atoms with Crippen molar-refractivity contribution in [3.63, 3.8) is 0 Å². The third kappa shape index (κ3) is 1.86. The van der Waals surface area contributed by atoms with Crippen LogP contribution >= 0.6 is 0 Å². The summed E-state index contributed by atoms with van der Waals surface area (Å²) in [6, 6.07) is 0. The average Bonchev–Trinajstić information content (AvgIpc) is 1.77. The maximum Gasteiger partial charge on any atom is 0.419 e. The zero-order valence-electron chi connectivity index (χ0n) is 6.52. The van der Waals surface area contributed by atoms with Crippen molar-refractivity contribution >= 4 is 16.3 Å². The van der Waals surface area contributed by atoms with E-state index in [1.54, 1.807) is 0 Å². The molecule has 12 heavy (non-hydrogen) atoms. The topological polar surface area (TPSA) is 86.7 Å². The normalized spacial score (nSPS) is 20.1. The van der Waals surface area contributed by atoms with Gasteiger partial charge in [0.05, 0.1) is 0 Å². The van der Waals surface area contributed by atoms with Crippen LogP contribution in [0.5, 0.6) is 0 Å². The molecular formula is C5H10N2O4S. The molecule has 1 rings (SSSR count). The van der Waals surface area contributed by atoms with Crippen molar-refractivity contribution < 1.29 is 18.3 Å². The lowest BCUT2D eigenvalue weighted by molar-refractivity contribution is 0.193. The van der Waals surface area contributed by atoms with E-state index in [9.17, 15) is 13.2 Å². The summed E-state index contributed by atoms with van der Waals surface area (Å²) in [5, 5.41) is 8.17. The summed E-state index contributed by atoms with van der Waals surface area (Å²) in [4.78, 5) is 10.0. The van der Waals surface area contributed by atoms with Crippen LogP contribution < -0.4 is 4.72 Å². The number of hydrogen-bond donors (Lipinski definition) is 2. The summed E-state index contributed by atoms with van der Waals surface area (Å²) in [6.07, 6.45) is -1.55. The van der Waals surface area contributed by atoms with E-state index in [2.05, 4.69) is 0 Å². The van der Waals surface area contributed by atoms with E-state index in [4.69, 9.17) is 5.11 Å². The van der Waals surface area contributed by atoms with Crippen LogP contribution in [0.2, 0.25) is 0 Å². The summed E-state index contributed by atoms with van der Waals surface area (Å²) >= 11 is 0. The Morgan fingerprint density at radius 2 is 2.08 bits per heavy atom. The summed E-state index contributed by atoms with van der Waals surface area (Å²) in [5.74, 6) is 0.315. The first kappa shape index (κ1) is 9.27. The van der Waals surface area contributed by atoms with E-state index in [0.717, 1.165) is 4.31 Å². The number of carbonyl (C=O) groups is 1. The Morgan fingerprint density at radius 3 is 2.42 bits per heavy atom. The Labute approximate surface area is 70.4 Å². The van der Waals surface area contributed by atoms with Crippen molar-refractivity contribution in [2.75, 3.05) is 13.1 Å². The van der Waals surface area contributed by atoms with E-state index in [1.165, 1.54) is 4.72 Å². The fourth-order valence-corrected chi connectivity index (χ4v) is 2.26. The number of nitrogens with one attached hydrogen (secondary N) is 1. The van der Waals surface area contributed by atoms with E-state index in [1.807, 2.05) is 6.92 Å². The van der Waals surface area contributed by atoms with Gasteiger partial charge in [-0.25, -0.2) is 9.52 Å². The van der Waals surface area contributed by atoms with Gasteiger partial charge in [0.25, 0.3) is 0 Å². The van der Waals surface area contributed by atoms with E-state index < -0.39 is 16.3 Å². The molecule has 0 unspecified atom stereocenters. The molecule has 1 saturated heterocycles. The Hall–Kier alpha value is -0.820. The van der Waals surface area contributed by atoms with Crippen LogP contribution in [0.4, 0.5) is 4.79 Å². The Bertz CT molecular complexity index is 280. The molecule has 0 aliphatic carbocycles. The second-order valence-corrected chi connectivity index (χ2v) is 4.51. The minimum atomic E-state index is -3.77. The van der Waals surface area contributed by atoms with Gasteiger partial charge in [-0.1, -0.05) is 6.92 Å². The highest BCUT2D eigenvalue weighted by molar-refractivity contribution is 7.87. The van der Waals surface area contributed by atoms with Crippen LogP contribution in [0.1, 0.15) is 6.92 Å². The molecule has 1 fully saturated rings. The van der Waals surface area contributed by atoms with Crippen LogP contribution in [0.25, 0.3) is 0 Å². The molecule has 1 aliphatic rings. The largest absolute Gasteiger partial charge is 0.464 e. The molecular weight excluding hydrogens is 184 g/mol. The zero-order chi connectivity index (χ0) is 9.35. The van der Waals surface area contributed by atoms with Gasteiger partial charge in [-0.05, 0) is 5.92 Å². The standard InChI is InChI=1S/C5H10N2O4S/c1-4-2-7(3-4)12(10,11)6-5(8)9/h4,6H,2-3H2,1H3,(H,8,9). The number of carboxylic acid groups (broad SMARTS) is 1. The first-order chi connectivity index (χ1) is 5.42. The molecule has 2 N–H and O–H groups in total. The highest BCUT2D eigenvalue weighted by atomic mass is 32.2. The maximum atomic E-state index is 11.0. The quantitative estimate of drug-likeness (QED) is 0.617. The SMILES string of the molecule is CC1CN(S(=O)(=O)NC(=O)O)C1. The van der Waals surface area contributed by atoms with Crippen LogP contribution in [-0.4, -0.2) is 37.0 Å². The first-order valence-electron chi connectivity index (χ1n) is 3.42. The highest BCUT2D eigenvalue weighted by Crippen LogP contribution is 2.16. The lowest BCUT2D eigenvalue weighted by Crippen LogP contribution is -2.53. The Kier molecular flexibility index (Phi) is 2.25. The predicted molar refractivity (Wildman–Crippen MR) is 40.8 cm³/mol. The molecule has 1 aliphatic heterocycles. The highest BCUT2D eigenvalue weighted by Gasteiger charge is 2.33. The van der Waals surface area contributed by atoms with Crippen molar-refractivity contribution in [1.29, 1.82) is 0 Å². The van der Waals surface area contributed by atoms with Gasteiger partial charge in [-0.2, -0.15) is 12.7 Å². The molecule has 7 heteroatoms. The summed E-state index contributed by atoms with van der Waals surface area (Å²) in [5.41, 5.74) is 0. The second kappa shape index (κ2) is 2.91. The third-order valence-electron chi connectivity index (χ3n) is 1.59. The third-order valence-corrected chi connectivity index (χ3v) is 3.00. The Balaban J connectivity index is 2.56. The molecule has 0 spiro atoms.